The smallest absolute Gasteiger partial charge is 0.332 e. The predicted molar refractivity (Wildman–Crippen MR) is 389 cm³/mol. The first kappa shape index (κ1) is 93.4. The van der Waals surface area contributed by atoms with Crippen LogP contribution in [0.4, 0.5) is 18.9 Å². The van der Waals surface area contributed by atoms with E-state index in [1.165, 1.54) is 109 Å². The van der Waals surface area contributed by atoms with Crippen LogP contribution in [0.1, 0.15) is 84.0 Å². The largest absolute Gasteiger partial charge is 1.00 e. The molecule has 0 aromatic heterocycles. The highest BCUT2D eigenvalue weighted by atomic mass is 35.5. The van der Waals surface area contributed by atoms with E-state index in [1.54, 1.807) is 111 Å². The molecular weight excluding hydrogens is 1450 g/mol. The average molecular weight is 1530 g/mol. The fourth-order valence-corrected chi connectivity index (χ4v) is 9.03. The van der Waals surface area contributed by atoms with Gasteiger partial charge in [0.2, 0.25) is 0 Å². The molecule has 0 aliphatic heterocycles. The van der Waals surface area contributed by atoms with Crippen molar-refractivity contribution in [3.63, 3.8) is 0 Å². The number of hydrogen-bond acceptors (Lipinski definition) is 12. The van der Waals surface area contributed by atoms with Crippen LogP contribution in [0.3, 0.4) is 0 Å². The van der Waals surface area contributed by atoms with Gasteiger partial charge in [0.15, 0.2) is 0 Å². The summed E-state index contributed by atoms with van der Waals surface area (Å²) in [6, 6.07) is 47.3. The summed E-state index contributed by atoms with van der Waals surface area (Å²) >= 11 is 0. The summed E-state index contributed by atoms with van der Waals surface area (Å²) in [5, 5.41) is 107. The van der Waals surface area contributed by atoms with E-state index < -0.39 is 126 Å². The second kappa shape index (κ2) is 48.4. The molecule has 0 heterocycles. The van der Waals surface area contributed by atoms with Gasteiger partial charge in [-0.2, -0.15) is 0 Å². The summed E-state index contributed by atoms with van der Waals surface area (Å²) in [7, 11) is 0. The lowest BCUT2D eigenvalue weighted by atomic mass is 9.90. The van der Waals surface area contributed by atoms with Crippen LogP contribution in [0.5, 0.6) is 0 Å². The van der Waals surface area contributed by atoms with E-state index in [0.29, 0.717) is 33.4 Å². The van der Waals surface area contributed by atoms with Crippen LogP contribution in [0.2, 0.25) is 0 Å². The van der Waals surface area contributed by atoms with Crippen LogP contribution in [0, 0.1) is 42.1 Å². The van der Waals surface area contributed by atoms with Crippen molar-refractivity contribution in [2.75, 3.05) is 0 Å². The summed E-state index contributed by atoms with van der Waals surface area (Å²) in [5.74, 6) is -19.5. The Morgan fingerprint density at radius 3 is 0.936 bits per heavy atom. The molecule has 0 bridgehead atoms. The minimum absolute atomic E-state index is 0. The molecule has 3 atom stereocenters. The molecule has 0 fully saturated rings. The van der Waals surface area contributed by atoms with E-state index in [4.69, 9.17) is 40.9 Å². The SMILES string of the molecule is C=CCC(C(=O)O)/C(=C/c1ccc(F)cc1)C(=O)O.CC(C)=C(CC(=O)O)C(=O)O.Cc1ccc(/C=C(\C(=O)O)C(Cc2ccc([NH3+])cc2)C(=O)O)cc1.O=C(O)/C(=C\c1ccc(F)cc1)C(Cc1ccccc1)C(=O)O.O=C(O)C/C(=C/c1ccc(F)cc1)C(=O)O.O=C(O)C/C(=C/c1ccccc1)C(=O)O.[Cl-]. The molecule has 0 aliphatic carbocycles. The Morgan fingerprint density at radius 2 is 0.661 bits per heavy atom. The fraction of sp³-hybridized carbons (Fsp3) is 0.150. The monoisotopic (exact) mass is 1530 g/mol. The Labute approximate surface area is 627 Å². The molecule has 0 saturated carbocycles. The topological polar surface area (TPSA) is 475 Å². The molecule has 25 nitrogen and oxygen atoms in total. The molecule has 109 heavy (non-hydrogen) atoms. The molecule has 7 aromatic rings. The van der Waals surface area contributed by atoms with Crippen LogP contribution < -0.4 is 18.1 Å². The van der Waals surface area contributed by atoms with Crippen molar-refractivity contribution in [3.8, 4) is 0 Å². The fourth-order valence-electron chi connectivity index (χ4n) is 9.03. The zero-order valence-electron chi connectivity index (χ0n) is 58.5. The summed E-state index contributed by atoms with van der Waals surface area (Å²) < 4.78 is 38.2. The van der Waals surface area contributed by atoms with Gasteiger partial charge < -0.3 is 79.4 Å². The Bertz CT molecular complexity index is 4490. The van der Waals surface area contributed by atoms with Gasteiger partial charge in [-0.1, -0.05) is 151 Å². The van der Waals surface area contributed by atoms with Crippen LogP contribution in [-0.4, -0.2) is 133 Å². The van der Waals surface area contributed by atoms with E-state index in [9.17, 15) is 91.1 Å². The lowest BCUT2D eigenvalue weighted by Gasteiger charge is -2.14. The molecule has 0 spiro atoms. The summed E-state index contributed by atoms with van der Waals surface area (Å²) in [5.41, 5.74) is 9.24. The molecule has 3 unspecified atom stereocenters. The number of hydrogen-bond donors (Lipinski definition) is 13. The van der Waals surface area contributed by atoms with Gasteiger partial charge >= 0.3 is 71.6 Å². The minimum atomic E-state index is -1.32. The zero-order chi connectivity index (χ0) is 81.3. The van der Waals surface area contributed by atoms with E-state index in [0.717, 1.165) is 22.4 Å². The van der Waals surface area contributed by atoms with Gasteiger partial charge in [-0.15, -0.1) is 6.58 Å². The Balaban J connectivity index is 0.000000664. The van der Waals surface area contributed by atoms with Gasteiger partial charge in [0.1, 0.15) is 23.1 Å². The first-order valence-corrected chi connectivity index (χ1v) is 31.7. The highest BCUT2D eigenvalue weighted by Crippen LogP contribution is 2.25. The van der Waals surface area contributed by atoms with Gasteiger partial charge in [0, 0.05) is 16.7 Å². The zero-order valence-corrected chi connectivity index (χ0v) is 59.2. The Hall–Kier alpha value is -13.6. The van der Waals surface area contributed by atoms with Crippen molar-refractivity contribution >= 4 is 108 Å². The molecule has 574 valence electrons. The van der Waals surface area contributed by atoms with Crippen molar-refractivity contribution in [1.29, 1.82) is 0 Å². The number of carboxylic acids is 12. The number of benzene rings is 7. The number of quaternary nitrogens is 1. The Morgan fingerprint density at radius 1 is 0.367 bits per heavy atom. The lowest BCUT2D eigenvalue weighted by Crippen LogP contribution is -3.00. The third-order valence-corrected chi connectivity index (χ3v) is 14.5. The van der Waals surface area contributed by atoms with E-state index in [-0.39, 0.29) is 65.1 Å². The molecule has 7 aromatic carbocycles. The number of aliphatic carboxylic acids is 12. The molecule has 29 heteroatoms. The van der Waals surface area contributed by atoms with Gasteiger partial charge in [-0.25, -0.2) is 41.9 Å². The second-order valence-electron chi connectivity index (χ2n) is 23.0. The number of halogens is 4. The van der Waals surface area contributed by atoms with E-state index >= 15 is 0 Å². The molecule has 0 amide bonds. The number of aryl methyl sites for hydroxylation is 1. The summed E-state index contributed by atoms with van der Waals surface area (Å²) in [6.07, 6.45) is 6.54. The van der Waals surface area contributed by atoms with Gasteiger partial charge in [0.25, 0.3) is 0 Å². The highest BCUT2D eigenvalue weighted by molar-refractivity contribution is 6.01. The van der Waals surface area contributed by atoms with Crippen molar-refractivity contribution in [1.82, 2.24) is 0 Å². The average Bonchev–Trinajstić information content (AvgIpc) is 0.853. The maximum Gasteiger partial charge on any atom is 0.332 e. The Kier molecular flexibility index (Phi) is 41.5. The van der Waals surface area contributed by atoms with Gasteiger partial charge in [-0.05, 0) is 158 Å². The third-order valence-electron chi connectivity index (χ3n) is 14.5. The summed E-state index contributed by atoms with van der Waals surface area (Å²) in [6.45, 7) is 8.49. The quantitative estimate of drug-likeness (QED) is 0.0153. The first-order valence-electron chi connectivity index (χ1n) is 31.7. The van der Waals surface area contributed by atoms with Crippen LogP contribution in [-0.2, 0) is 70.4 Å². The maximum absolute atomic E-state index is 12.9. The molecular formula is C80H77ClF3NO24. The van der Waals surface area contributed by atoms with E-state index in [2.05, 4.69) is 12.3 Å². The molecule has 0 radical (unpaired) electrons. The number of carbonyl (C=O) groups is 12. The number of carboxylic acid groups (broad SMARTS) is 12. The molecule has 0 saturated heterocycles. The lowest BCUT2D eigenvalue weighted by molar-refractivity contribution is -0.254. The van der Waals surface area contributed by atoms with Gasteiger partial charge in [0.05, 0.1) is 53.7 Å². The van der Waals surface area contributed by atoms with Crippen molar-refractivity contribution in [2.24, 2.45) is 17.8 Å². The maximum atomic E-state index is 12.9. The molecule has 0 aliphatic rings. The van der Waals surface area contributed by atoms with Crippen LogP contribution in [0.15, 0.2) is 234 Å². The van der Waals surface area contributed by atoms with Crippen LogP contribution in [0.25, 0.3) is 30.4 Å². The van der Waals surface area contributed by atoms with Crippen molar-refractivity contribution < 1.29 is 150 Å². The second-order valence-corrected chi connectivity index (χ2v) is 23.0. The highest BCUT2D eigenvalue weighted by Gasteiger charge is 2.30. The summed E-state index contributed by atoms with van der Waals surface area (Å²) in [4.78, 5) is 131. The minimum Gasteiger partial charge on any atom is -1.00 e. The van der Waals surface area contributed by atoms with Gasteiger partial charge in [-0.3, -0.25) is 28.8 Å². The van der Waals surface area contributed by atoms with Crippen molar-refractivity contribution in [3.05, 3.63) is 296 Å². The van der Waals surface area contributed by atoms with E-state index in [1.807, 2.05) is 19.1 Å². The number of rotatable bonds is 29. The van der Waals surface area contributed by atoms with Crippen LogP contribution >= 0.6 is 0 Å². The number of allylic oxidation sites excluding steroid dienone is 2. The third kappa shape index (κ3) is 37.1. The standard InChI is InChI=1S/C19H19NO4.C18H15FO4.C14H13FO4.C11H9FO4.C11H10O4.C7H10O4.ClH/c1-12-2-4-13(5-3-12)10-16(18(21)22)17(19(23)24)11-14-6-8-15(20)9-7-14;19-14-8-6-13(7-9-14)11-16(18(22)23)15(17(20)21)10-12-4-2-1-3-5-12;1-2-3-11(13(16)17)12(14(18)19)8-9-4-6-10(15)7-5-9;12-9-3-1-7(2-4-9)5-8(11(15)16)6-10(13)14;12-10(13)7-9(11(14)15)6-8-4-2-1-3-5-8;1-4(2)5(7(10)11)3-6(8)9;/h2-10,17H,11,20H2,1H3,(H,21,22)(H,23,24);1-9,11,15H,10H2,(H,20,21)(H,22,23);2,4-8,11H,1,3H2,(H,16,17)(H,18,19);1-5H,6H2,(H,13,14)(H,15,16);1-6H,7H2,(H,12,13)(H,14,15);3H2,1-2H3,(H,8,9)(H,10,11);1H/b16-10-;16-11-;12-8-;8-5-;9-6-;;. The normalized spacial score (nSPS) is 11.8. The molecule has 7 rings (SSSR count). The first-order chi connectivity index (χ1) is 50.8. The predicted octanol–water partition coefficient (Wildman–Crippen LogP) is 9.37. The molecule has 15 N–H and O–H groups in total. The van der Waals surface area contributed by atoms with Crippen molar-refractivity contribution in [2.45, 2.75) is 59.3 Å².